The minimum atomic E-state index is -0.0555. The molecule has 1 aliphatic rings. The smallest absolute Gasteiger partial charge is 0.255 e. The van der Waals surface area contributed by atoms with Gasteiger partial charge in [-0.3, -0.25) is 9.59 Å². The molecule has 1 N–H and O–H groups in total. The monoisotopic (exact) mass is 342 g/mol. The topological polar surface area (TPSA) is 49.4 Å². The van der Waals surface area contributed by atoms with E-state index in [0.717, 1.165) is 32.4 Å². The zero-order chi connectivity index (χ0) is 16.8. The highest BCUT2D eigenvalue weighted by atomic mass is 32.1. The third-order valence-electron chi connectivity index (χ3n) is 4.30. The van der Waals surface area contributed by atoms with Gasteiger partial charge < -0.3 is 10.2 Å². The molecule has 5 heteroatoms. The number of anilines is 1. The van der Waals surface area contributed by atoms with Crippen molar-refractivity contribution in [3.63, 3.8) is 0 Å². The van der Waals surface area contributed by atoms with Crippen molar-refractivity contribution in [2.24, 2.45) is 0 Å². The lowest BCUT2D eigenvalue weighted by Gasteiger charge is -2.27. The third kappa shape index (κ3) is 4.23. The first-order valence-electron chi connectivity index (χ1n) is 8.43. The van der Waals surface area contributed by atoms with Crippen LogP contribution >= 0.6 is 11.3 Å². The molecule has 1 aromatic heterocycles. The first kappa shape index (κ1) is 16.7. The largest absolute Gasteiger partial charge is 0.339 e. The second kappa shape index (κ2) is 8.11. The van der Waals surface area contributed by atoms with Crippen molar-refractivity contribution in [2.45, 2.75) is 32.1 Å². The number of rotatable bonds is 5. The first-order valence-corrected chi connectivity index (χ1v) is 9.37. The molecule has 4 nitrogen and oxygen atoms in total. The van der Waals surface area contributed by atoms with Crippen LogP contribution in [-0.2, 0) is 11.2 Å². The van der Waals surface area contributed by atoms with Gasteiger partial charge in [0.25, 0.3) is 5.91 Å². The Morgan fingerprint density at radius 1 is 1.08 bits per heavy atom. The molecule has 0 radical (unpaired) electrons. The maximum atomic E-state index is 12.7. The molecule has 24 heavy (non-hydrogen) atoms. The molecule has 0 aliphatic carbocycles. The van der Waals surface area contributed by atoms with E-state index in [0.29, 0.717) is 17.7 Å². The Morgan fingerprint density at radius 3 is 2.62 bits per heavy atom. The average Bonchev–Trinajstić information content (AvgIpc) is 3.14. The summed E-state index contributed by atoms with van der Waals surface area (Å²) in [5.41, 5.74) is 2.37. The van der Waals surface area contributed by atoms with Crippen LogP contribution < -0.4 is 5.32 Å². The van der Waals surface area contributed by atoms with Crippen LogP contribution in [0.4, 0.5) is 5.69 Å². The van der Waals surface area contributed by atoms with Gasteiger partial charge in [-0.25, -0.2) is 0 Å². The summed E-state index contributed by atoms with van der Waals surface area (Å²) in [5.74, 6) is -0.0384. The summed E-state index contributed by atoms with van der Waals surface area (Å²) < 4.78 is 0. The number of nitrogens with zero attached hydrogens (tertiary/aromatic N) is 1. The molecular weight excluding hydrogens is 320 g/mol. The number of likely N-dealkylation sites (tertiary alicyclic amines) is 1. The van der Waals surface area contributed by atoms with Crippen molar-refractivity contribution < 1.29 is 9.59 Å². The highest BCUT2D eigenvalue weighted by Crippen LogP contribution is 2.20. The van der Waals surface area contributed by atoms with Crippen molar-refractivity contribution in [1.29, 1.82) is 0 Å². The molecule has 2 amide bonds. The first-order chi connectivity index (χ1) is 11.7. The maximum absolute atomic E-state index is 12.7. The quantitative estimate of drug-likeness (QED) is 0.894. The second-order valence-electron chi connectivity index (χ2n) is 6.08. The number of carbonyl (C=O) groups excluding carboxylic acids is 2. The summed E-state index contributed by atoms with van der Waals surface area (Å²) in [5, 5.41) is 6.98. The Kier molecular flexibility index (Phi) is 5.64. The predicted octanol–water partition coefficient (Wildman–Crippen LogP) is 3.95. The summed E-state index contributed by atoms with van der Waals surface area (Å²) >= 11 is 1.64. The highest BCUT2D eigenvalue weighted by Gasteiger charge is 2.21. The molecule has 1 fully saturated rings. The lowest BCUT2D eigenvalue weighted by Crippen LogP contribution is -2.36. The lowest BCUT2D eigenvalue weighted by atomic mass is 10.1. The van der Waals surface area contributed by atoms with E-state index in [2.05, 4.69) is 10.7 Å². The molecule has 1 aliphatic heterocycles. The molecule has 2 aromatic rings. The molecular formula is C19H22N2O2S. The summed E-state index contributed by atoms with van der Waals surface area (Å²) in [6, 6.07) is 9.33. The van der Waals surface area contributed by atoms with Crippen molar-refractivity contribution in [1.82, 2.24) is 4.90 Å². The second-order valence-corrected chi connectivity index (χ2v) is 6.86. The fourth-order valence-corrected chi connectivity index (χ4v) is 3.65. The number of benzene rings is 1. The van der Waals surface area contributed by atoms with E-state index >= 15 is 0 Å². The van der Waals surface area contributed by atoms with Gasteiger partial charge in [-0.15, -0.1) is 0 Å². The van der Waals surface area contributed by atoms with Gasteiger partial charge in [0, 0.05) is 19.5 Å². The lowest BCUT2D eigenvalue weighted by molar-refractivity contribution is -0.116. The van der Waals surface area contributed by atoms with Crippen LogP contribution in [0.25, 0.3) is 0 Å². The molecule has 1 saturated heterocycles. The minimum Gasteiger partial charge on any atom is -0.339 e. The molecule has 126 valence electrons. The van der Waals surface area contributed by atoms with Gasteiger partial charge in [-0.1, -0.05) is 12.1 Å². The van der Waals surface area contributed by atoms with Gasteiger partial charge in [0.2, 0.25) is 5.91 Å². The highest BCUT2D eigenvalue weighted by molar-refractivity contribution is 7.07. The van der Waals surface area contributed by atoms with E-state index in [1.165, 1.54) is 12.0 Å². The van der Waals surface area contributed by atoms with Gasteiger partial charge in [0.1, 0.15) is 0 Å². The summed E-state index contributed by atoms with van der Waals surface area (Å²) in [4.78, 5) is 26.8. The van der Waals surface area contributed by atoms with Crippen LogP contribution in [-0.4, -0.2) is 29.8 Å². The number of piperidine rings is 1. The fourth-order valence-electron chi connectivity index (χ4n) is 2.95. The van der Waals surface area contributed by atoms with Crippen LogP contribution in [0.1, 0.15) is 41.6 Å². The van der Waals surface area contributed by atoms with E-state index in [-0.39, 0.29) is 11.8 Å². The third-order valence-corrected chi connectivity index (χ3v) is 5.03. The minimum absolute atomic E-state index is 0.0171. The van der Waals surface area contributed by atoms with Gasteiger partial charge >= 0.3 is 0 Å². The van der Waals surface area contributed by atoms with E-state index < -0.39 is 0 Å². The fraction of sp³-hybridized carbons (Fsp3) is 0.368. The predicted molar refractivity (Wildman–Crippen MR) is 97.5 cm³/mol. The van der Waals surface area contributed by atoms with Crippen LogP contribution in [0.15, 0.2) is 41.1 Å². The van der Waals surface area contributed by atoms with E-state index in [1.54, 1.807) is 23.5 Å². The number of hydrogen-bond donors (Lipinski definition) is 1. The van der Waals surface area contributed by atoms with Crippen LogP contribution in [0.3, 0.4) is 0 Å². The van der Waals surface area contributed by atoms with Crippen molar-refractivity contribution in [3.8, 4) is 0 Å². The summed E-state index contributed by atoms with van der Waals surface area (Å²) in [6.45, 7) is 1.61. The number of hydrogen-bond acceptors (Lipinski definition) is 3. The molecule has 0 spiro atoms. The van der Waals surface area contributed by atoms with Crippen molar-refractivity contribution in [3.05, 3.63) is 52.2 Å². The van der Waals surface area contributed by atoms with Gasteiger partial charge in [0.05, 0.1) is 11.3 Å². The zero-order valence-corrected chi connectivity index (χ0v) is 14.5. The van der Waals surface area contributed by atoms with Gasteiger partial charge in [-0.05, 0) is 60.2 Å². The Morgan fingerprint density at radius 2 is 1.88 bits per heavy atom. The molecule has 0 bridgehead atoms. The van der Waals surface area contributed by atoms with Crippen molar-refractivity contribution >= 4 is 28.8 Å². The zero-order valence-electron chi connectivity index (χ0n) is 13.7. The normalized spacial score (nSPS) is 14.4. The van der Waals surface area contributed by atoms with Crippen molar-refractivity contribution in [2.75, 3.05) is 18.4 Å². The van der Waals surface area contributed by atoms with E-state index in [9.17, 15) is 9.59 Å². The van der Waals surface area contributed by atoms with E-state index in [1.807, 2.05) is 28.5 Å². The number of nitrogens with one attached hydrogen (secondary N) is 1. The van der Waals surface area contributed by atoms with Crippen LogP contribution in [0.2, 0.25) is 0 Å². The van der Waals surface area contributed by atoms with Gasteiger partial charge in [0.15, 0.2) is 0 Å². The number of thiophene rings is 1. The van der Waals surface area contributed by atoms with Gasteiger partial charge in [-0.2, -0.15) is 11.3 Å². The Balaban J connectivity index is 1.64. The molecule has 0 unspecified atom stereocenters. The molecule has 1 aromatic carbocycles. The Hall–Kier alpha value is -2.14. The maximum Gasteiger partial charge on any atom is 0.255 e. The van der Waals surface area contributed by atoms with Crippen LogP contribution in [0, 0.1) is 0 Å². The summed E-state index contributed by atoms with van der Waals surface area (Å²) in [6.07, 6.45) is 4.44. The number of para-hydroxylation sites is 1. The molecule has 0 atom stereocenters. The molecule has 2 heterocycles. The average molecular weight is 342 g/mol. The standard InChI is InChI=1S/C19H22N2O2S/c22-18(9-8-15-10-13-24-14-15)20-17-7-3-2-6-16(17)19(23)21-11-4-1-5-12-21/h2-3,6-7,10,13-14H,1,4-5,8-9,11-12H2,(H,20,22). The molecule has 3 rings (SSSR count). The number of amides is 2. The Labute approximate surface area is 146 Å². The summed E-state index contributed by atoms with van der Waals surface area (Å²) in [7, 11) is 0. The Bertz CT molecular complexity index is 691. The number of aryl methyl sites for hydroxylation is 1. The molecule has 0 saturated carbocycles. The van der Waals surface area contributed by atoms with Crippen LogP contribution in [0.5, 0.6) is 0 Å². The number of carbonyl (C=O) groups is 2. The van der Waals surface area contributed by atoms with E-state index in [4.69, 9.17) is 0 Å². The SMILES string of the molecule is O=C(CCc1ccsc1)Nc1ccccc1C(=O)N1CCCCC1.